The van der Waals surface area contributed by atoms with Crippen LogP contribution in [-0.2, 0) is 0 Å². The number of amides is 1. The molecule has 0 atom stereocenters. The number of likely N-dealkylation sites (N-methyl/N-ethyl adjacent to an activating group) is 1. The van der Waals surface area contributed by atoms with Gasteiger partial charge in [-0.05, 0) is 40.2 Å². The zero-order valence-corrected chi connectivity index (χ0v) is 12.7. The molecule has 0 bridgehead atoms. The quantitative estimate of drug-likeness (QED) is 0.789. The molecule has 0 saturated carbocycles. The van der Waals surface area contributed by atoms with E-state index < -0.39 is 0 Å². The maximum absolute atomic E-state index is 12.1. The second kappa shape index (κ2) is 7.05. The van der Waals surface area contributed by atoms with Crippen LogP contribution in [0.4, 0.5) is 0 Å². The number of carbonyl (C=O) groups excluding carboxylic acids is 1. The van der Waals surface area contributed by atoms with Crippen LogP contribution in [0.1, 0.15) is 10.4 Å². The number of ether oxygens (including phenoxy) is 1. The van der Waals surface area contributed by atoms with E-state index in [0.717, 1.165) is 5.75 Å². The van der Waals surface area contributed by atoms with Crippen LogP contribution in [0, 0.1) is 0 Å². The van der Waals surface area contributed by atoms with E-state index >= 15 is 0 Å². The molecule has 0 radical (unpaired) electrons. The van der Waals surface area contributed by atoms with Gasteiger partial charge in [0.05, 0.1) is 12.1 Å². The summed E-state index contributed by atoms with van der Waals surface area (Å²) in [6, 6.07) is 13.0. The molecule has 0 fully saturated rings. The number of carbonyl (C=O) groups is 1. The molecule has 104 valence electrons. The van der Waals surface area contributed by atoms with Crippen molar-refractivity contribution >= 4 is 21.8 Å². The van der Waals surface area contributed by atoms with Crippen molar-refractivity contribution in [2.24, 2.45) is 0 Å². The van der Waals surface area contributed by atoms with Crippen molar-refractivity contribution < 1.29 is 9.53 Å². The second-order valence-corrected chi connectivity index (χ2v) is 5.07. The van der Waals surface area contributed by atoms with Crippen molar-refractivity contribution in [3.8, 4) is 5.75 Å². The van der Waals surface area contributed by atoms with Crippen LogP contribution in [0.2, 0.25) is 0 Å². The van der Waals surface area contributed by atoms with E-state index in [1.54, 1.807) is 30.3 Å². The number of aromatic nitrogens is 1. The minimum absolute atomic E-state index is 0.0679. The second-order valence-electron chi connectivity index (χ2n) is 4.26. The first-order chi connectivity index (χ1) is 9.66. The summed E-state index contributed by atoms with van der Waals surface area (Å²) >= 11 is 3.24. The van der Waals surface area contributed by atoms with Gasteiger partial charge in [0.25, 0.3) is 5.91 Å². The highest BCUT2D eigenvalue weighted by Gasteiger charge is 2.11. The Morgan fingerprint density at radius 1 is 1.25 bits per heavy atom. The maximum atomic E-state index is 12.1. The molecule has 0 spiro atoms. The third-order valence-corrected chi connectivity index (χ3v) is 3.23. The first-order valence-electron chi connectivity index (χ1n) is 6.21. The molecule has 5 heteroatoms. The van der Waals surface area contributed by atoms with Crippen LogP contribution in [0.25, 0.3) is 0 Å². The van der Waals surface area contributed by atoms with Gasteiger partial charge in [-0.15, -0.1) is 0 Å². The van der Waals surface area contributed by atoms with E-state index in [9.17, 15) is 4.79 Å². The molecule has 2 aromatic rings. The molecule has 0 aliphatic rings. The molecule has 20 heavy (non-hydrogen) atoms. The third-order valence-electron chi connectivity index (χ3n) is 2.76. The van der Waals surface area contributed by atoms with E-state index in [1.807, 2.05) is 30.3 Å². The summed E-state index contributed by atoms with van der Waals surface area (Å²) in [7, 11) is 1.75. The molecule has 1 heterocycles. The van der Waals surface area contributed by atoms with Crippen molar-refractivity contribution in [3.63, 3.8) is 0 Å². The van der Waals surface area contributed by atoms with Crippen molar-refractivity contribution in [2.75, 3.05) is 20.2 Å². The van der Waals surface area contributed by atoms with Gasteiger partial charge in [-0.2, -0.15) is 0 Å². The Hall–Kier alpha value is -1.88. The maximum Gasteiger partial charge on any atom is 0.255 e. The highest BCUT2D eigenvalue weighted by Crippen LogP contribution is 2.10. The average molecular weight is 335 g/mol. The lowest BCUT2D eigenvalue weighted by Crippen LogP contribution is -2.30. The van der Waals surface area contributed by atoms with Gasteiger partial charge in [-0.1, -0.05) is 18.2 Å². The van der Waals surface area contributed by atoms with Gasteiger partial charge in [-0.3, -0.25) is 4.79 Å². The Labute approximate surface area is 126 Å². The zero-order chi connectivity index (χ0) is 14.4. The van der Waals surface area contributed by atoms with Gasteiger partial charge in [0.1, 0.15) is 17.0 Å². The first-order valence-corrected chi connectivity index (χ1v) is 7.01. The smallest absolute Gasteiger partial charge is 0.255 e. The van der Waals surface area contributed by atoms with E-state index in [-0.39, 0.29) is 5.91 Å². The summed E-state index contributed by atoms with van der Waals surface area (Å²) in [5.41, 5.74) is 0.565. The van der Waals surface area contributed by atoms with Crippen LogP contribution >= 0.6 is 15.9 Å². The standard InChI is InChI=1S/C15H15BrN2O2/c1-18(9-10-20-13-5-3-2-4-6-13)15(19)12-7-8-14(16)17-11-12/h2-8,11H,9-10H2,1H3. The largest absolute Gasteiger partial charge is 0.492 e. The third kappa shape index (κ3) is 4.06. The van der Waals surface area contributed by atoms with E-state index in [4.69, 9.17) is 4.74 Å². The minimum atomic E-state index is -0.0679. The summed E-state index contributed by atoms with van der Waals surface area (Å²) in [6.45, 7) is 0.972. The SMILES string of the molecule is CN(CCOc1ccccc1)C(=O)c1ccc(Br)nc1. The number of pyridine rings is 1. The summed E-state index contributed by atoms with van der Waals surface area (Å²) in [5.74, 6) is 0.736. The Kier molecular flexibility index (Phi) is 5.12. The molecular formula is C15H15BrN2O2. The molecule has 0 unspecified atom stereocenters. The Morgan fingerprint density at radius 3 is 2.65 bits per heavy atom. The summed E-state index contributed by atoms with van der Waals surface area (Å²) in [4.78, 5) is 17.8. The highest BCUT2D eigenvalue weighted by molar-refractivity contribution is 9.10. The molecular weight excluding hydrogens is 320 g/mol. The van der Waals surface area contributed by atoms with Gasteiger partial charge >= 0.3 is 0 Å². The Bertz CT molecular complexity index is 558. The zero-order valence-electron chi connectivity index (χ0n) is 11.1. The Morgan fingerprint density at radius 2 is 2.00 bits per heavy atom. The van der Waals surface area contributed by atoms with E-state index in [1.165, 1.54) is 0 Å². The number of nitrogens with zero attached hydrogens (tertiary/aromatic N) is 2. The predicted molar refractivity (Wildman–Crippen MR) is 80.8 cm³/mol. The van der Waals surface area contributed by atoms with Gasteiger partial charge in [-0.25, -0.2) is 4.98 Å². The van der Waals surface area contributed by atoms with Gasteiger partial charge in [0, 0.05) is 13.2 Å². The fraction of sp³-hybridized carbons (Fsp3) is 0.200. The van der Waals surface area contributed by atoms with Crippen LogP contribution in [0.3, 0.4) is 0 Å². The van der Waals surface area contributed by atoms with Crippen molar-refractivity contribution in [1.29, 1.82) is 0 Å². The minimum Gasteiger partial charge on any atom is -0.492 e. The lowest BCUT2D eigenvalue weighted by molar-refractivity contribution is 0.0773. The molecule has 1 amide bonds. The molecule has 4 nitrogen and oxygen atoms in total. The molecule has 1 aromatic heterocycles. The average Bonchev–Trinajstić information content (AvgIpc) is 2.48. The number of hydrogen-bond acceptors (Lipinski definition) is 3. The summed E-state index contributed by atoms with van der Waals surface area (Å²) < 4.78 is 6.28. The molecule has 0 aliphatic heterocycles. The summed E-state index contributed by atoms with van der Waals surface area (Å²) in [6.07, 6.45) is 1.56. The van der Waals surface area contributed by atoms with Crippen LogP contribution in [-0.4, -0.2) is 36.0 Å². The van der Waals surface area contributed by atoms with Gasteiger partial charge in [0.2, 0.25) is 0 Å². The number of rotatable bonds is 5. The Balaban J connectivity index is 1.84. The molecule has 0 aliphatic carbocycles. The topological polar surface area (TPSA) is 42.4 Å². The summed E-state index contributed by atoms with van der Waals surface area (Å²) in [5, 5.41) is 0. The van der Waals surface area contributed by atoms with Crippen LogP contribution in [0.5, 0.6) is 5.75 Å². The lowest BCUT2D eigenvalue weighted by Gasteiger charge is -2.17. The van der Waals surface area contributed by atoms with E-state index in [2.05, 4.69) is 20.9 Å². The molecule has 0 N–H and O–H groups in total. The normalized spacial score (nSPS) is 10.1. The van der Waals surface area contributed by atoms with Crippen LogP contribution < -0.4 is 4.74 Å². The first kappa shape index (κ1) is 14.5. The van der Waals surface area contributed by atoms with Crippen LogP contribution in [0.15, 0.2) is 53.3 Å². The number of para-hydroxylation sites is 1. The number of halogens is 1. The fourth-order valence-electron chi connectivity index (χ4n) is 1.64. The lowest BCUT2D eigenvalue weighted by atomic mass is 10.2. The molecule has 2 rings (SSSR count). The number of hydrogen-bond donors (Lipinski definition) is 0. The van der Waals surface area contributed by atoms with Crippen molar-refractivity contribution in [2.45, 2.75) is 0 Å². The predicted octanol–water partition coefficient (Wildman–Crippen LogP) is 3.00. The molecule has 0 saturated heterocycles. The van der Waals surface area contributed by atoms with Crippen molar-refractivity contribution in [3.05, 3.63) is 58.8 Å². The van der Waals surface area contributed by atoms with E-state index in [0.29, 0.717) is 23.3 Å². The monoisotopic (exact) mass is 334 g/mol. The fourth-order valence-corrected chi connectivity index (χ4v) is 1.88. The number of benzene rings is 1. The van der Waals surface area contributed by atoms with Crippen molar-refractivity contribution in [1.82, 2.24) is 9.88 Å². The van der Waals surface area contributed by atoms with Gasteiger partial charge in [0.15, 0.2) is 0 Å². The van der Waals surface area contributed by atoms with Gasteiger partial charge < -0.3 is 9.64 Å². The molecule has 1 aromatic carbocycles. The highest BCUT2D eigenvalue weighted by atomic mass is 79.9.